The fraction of sp³-hybridized carbons (Fsp3) is 0.385. The summed E-state index contributed by atoms with van der Waals surface area (Å²) in [6, 6.07) is 18.3. The molecule has 0 radical (unpaired) electrons. The summed E-state index contributed by atoms with van der Waals surface area (Å²) in [4.78, 5) is 2.62. The minimum Gasteiger partial charge on any atom is -0.371 e. The number of nitrogens with zero attached hydrogens (tertiary/aromatic N) is 1. The van der Waals surface area contributed by atoms with Crippen molar-refractivity contribution in [1.82, 2.24) is 0 Å². The molecule has 27 heavy (non-hydrogen) atoms. The first kappa shape index (κ1) is 18.1. The van der Waals surface area contributed by atoms with Crippen molar-refractivity contribution in [2.24, 2.45) is 5.92 Å². The summed E-state index contributed by atoms with van der Waals surface area (Å²) in [5.74, 6) is 0.900. The van der Waals surface area contributed by atoms with Crippen LogP contribution in [0.4, 0.5) is 5.69 Å². The number of fused-ring (bicyclic) bond motifs is 1. The van der Waals surface area contributed by atoms with Crippen molar-refractivity contribution in [2.75, 3.05) is 18.0 Å². The average Bonchev–Trinajstić information content (AvgIpc) is 3.45. The van der Waals surface area contributed by atoms with Crippen molar-refractivity contribution >= 4 is 16.5 Å². The SMILES string of the molecule is CCCN(CC1CC1)c1ccc(-c2c(C)cc(C)cc2C)c2ccccc12. The van der Waals surface area contributed by atoms with Gasteiger partial charge in [0.15, 0.2) is 0 Å². The Morgan fingerprint density at radius 1 is 0.889 bits per heavy atom. The maximum Gasteiger partial charge on any atom is 0.0446 e. The molecule has 1 nitrogen and oxygen atoms in total. The third kappa shape index (κ3) is 3.60. The van der Waals surface area contributed by atoms with Crippen LogP contribution in [0.2, 0.25) is 0 Å². The molecule has 0 atom stereocenters. The van der Waals surface area contributed by atoms with Gasteiger partial charge in [0, 0.05) is 24.2 Å². The highest BCUT2D eigenvalue weighted by molar-refractivity contribution is 6.04. The lowest BCUT2D eigenvalue weighted by molar-refractivity contribution is 0.710. The molecule has 4 rings (SSSR count). The number of hydrogen-bond acceptors (Lipinski definition) is 1. The molecule has 1 fully saturated rings. The summed E-state index contributed by atoms with van der Waals surface area (Å²) >= 11 is 0. The molecule has 3 aromatic rings. The van der Waals surface area contributed by atoms with Crippen molar-refractivity contribution in [3.05, 3.63) is 65.2 Å². The van der Waals surface area contributed by atoms with Gasteiger partial charge in [-0.25, -0.2) is 0 Å². The first-order valence-corrected chi connectivity index (χ1v) is 10.4. The van der Waals surface area contributed by atoms with Crippen molar-refractivity contribution < 1.29 is 0 Å². The van der Waals surface area contributed by atoms with E-state index in [4.69, 9.17) is 0 Å². The second-order valence-electron chi connectivity index (χ2n) is 8.34. The van der Waals surface area contributed by atoms with Crippen LogP contribution in [-0.2, 0) is 0 Å². The van der Waals surface area contributed by atoms with Crippen LogP contribution in [0.15, 0.2) is 48.5 Å². The molecule has 0 heterocycles. The van der Waals surface area contributed by atoms with Gasteiger partial charge in [0.2, 0.25) is 0 Å². The molecule has 1 saturated carbocycles. The molecule has 1 heteroatoms. The summed E-state index contributed by atoms with van der Waals surface area (Å²) in [7, 11) is 0. The molecule has 3 aromatic carbocycles. The van der Waals surface area contributed by atoms with Gasteiger partial charge in [-0.3, -0.25) is 0 Å². The van der Waals surface area contributed by atoms with Gasteiger partial charge in [0.05, 0.1) is 0 Å². The van der Waals surface area contributed by atoms with E-state index in [-0.39, 0.29) is 0 Å². The topological polar surface area (TPSA) is 3.24 Å². The largest absolute Gasteiger partial charge is 0.371 e. The summed E-state index contributed by atoms with van der Waals surface area (Å²) in [6.07, 6.45) is 3.99. The first-order valence-electron chi connectivity index (χ1n) is 10.4. The van der Waals surface area contributed by atoms with E-state index in [1.165, 1.54) is 70.1 Å². The normalized spacial score (nSPS) is 13.9. The Hall–Kier alpha value is -2.28. The number of rotatable bonds is 6. The summed E-state index contributed by atoms with van der Waals surface area (Å²) < 4.78 is 0. The van der Waals surface area contributed by atoms with Crippen LogP contribution in [0.3, 0.4) is 0 Å². The molecule has 0 spiro atoms. The molecular weight excluding hydrogens is 326 g/mol. The molecule has 0 N–H and O–H groups in total. The number of hydrogen-bond donors (Lipinski definition) is 0. The zero-order chi connectivity index (χ0) is 19.0. The van der Waals surface area contributed by atoms with Gasteiger partial charge >= 0.3 is 0 Å². The van der Waals surface area contributed by atoms with Crippen LogP contribution in [0.1, 0.15) is 42.9 Å². The highest BCUT2D eigenvalue weighted by Crippen LogP contribution is 2.39. The number of benzene rings is 3. The van der Waals surface area contributed by atoms with Gasteiger partial charge in [-0.05, 0) is 79.7 Å². The summed E-state index contributed by atoms with van der Waals surface area (Å²) in [5, 5.41) is 2.77. The van der Waals surface area contributed by atoms with E-state index in [1.807, 2.05) is 0 Å². The minimum absolute atomic E-state index is 0.900. The Labute approximate surface area is 164 Å². The molecule has 0 aliphatic heterocycles. The predicted molar refractivity (Wildman–Crippen MR) is 119 cm³/mol. The van der Waals surface area contributed by atoms with E-state index in [2.05, 4.69) is 81.1 Å². The molecule has 0 aromatic heterocycles. The first-order chi connectivity index (χ1) is 13.1. The lowest BCUT2D eigenvalue weighted by Gasteiger charge is -2.27. The van der Waals surface area contributed by atoms with Crippen LogP contribution in [0.5, 0.6) is 0 Å². The second-order valence-corrected chi connectivity index (χ2v) is 8.34. The Kier molecular flexibility index (Phi) is 4.95. The van der Waals surface area contributed by atoms with Crippen LogP contribution in [0, 0.1) is 26.7 Å². The van der Waals surface area contributed by atoms with Crippen molar-refractivity contribution in [1.29, 1.82) is 0 Å². The van der Waals surface area contributed by atoms with Gasteiger partial charge in [0.1, 0.15) is 0 Å². The molecule has 0 saturated heterocycles. The number of aryl methyl sites for hydroxylation is 3. The highest BCUT2D eigenvalue weighted by Gasteiger charge is 2.25. The molecule has 0 bridgehead atoms. The van der Waals surface area contributed by atoms with E-state index in [1.54, 1.807) is 0 Å². The minimum atomic E-state index is 0.900. The van der Waals surface area contributed by atoms with Crippen LogP contribution in [0.25, 0.3) is 21.9 Å². The fourth-order valence-electron chi connectivity index (χ4n) is 4.57. The second kappa shape index (κ2) is 7.38. The van der Waals surface area contributed by atoms with Crippen LogP contribution >= 0.6 is 0 Å². The van der Waals surface area contributed by atoms with Gasteiger partial charge in [-0.15, -0.1) is 0 Å². The summed E-state index contributed by atoms with van der Waals surface area (Å²) in [5.41, 5.74) is 8.25. The number of anilines is 1. The van der Waals surface area contributed by atoms with Gasteiger partial charge in [0.25, 0.3) is 0 Å². The Balaban J connectivity index is 1.88. The molecule has 0 amide bonds. The van der Waals surface area contributed by atoms with E-state index in [9.17, 15) is 0 Å². The van der Waals surface area contributed by atoms with E-state index >= 15 is 0 Å². The standard InChI is InChI=1S/C26H31N/c1-5-14-27(17-21-10-11-21)25-13-12-24(22-8-6-7-9-23(22)25)26-19(3)15-18(2)16-20(26)4/h6-9,12-13,15-16,21H,5,10-11,14,17H2,1-4H3. The smallest absolute Gasteiger partial charge is 0.0446 e. The average molecular weight is 358 g/mol. The molecule has 0 unspecified atom stereocenters. The van der Waals surface area contributed by atoms with Gasteiger partial charge in [-0.2, -0.15) is 0 Å². The van der Waals surface area contributed by atoms with E-state index in [0.717, 1.165) is 12.5 Å². The fourth-order valence-corrected chi connectivity index (χ4v) is 4.57. The third-order valence-corrected chi connectivity index (χ3v) is 5.86. The van der Waals surface area contributed by atoms with Gasteiger partial charge in [-0.1, -0.05) is 55.0 Å². The molecule has 140 valence electrons. The maximum atomic E-state index is 2.62. The Bertz CT molecular complexity index is 942. The third-order valence-electron chi connectivity index (χ3n) is 5.86. The van der Waals surface area contributed by atoms with Crippen LogP contribution in [-0.4, -0.2) is 13.1 Å². The summed E-state index contributed by atoms with van der Waals surface area (Å²) in [6.45, 7) is 11.3. The van der Waals surface area contributed by atoms with Gasteiger partial charge < -0.3 is 4.90 Å². The molecule has 1 aliphatic carbocycles. The molecule has 1 aliphatic rings. The highest BCUT2D eigenvalue weighted by atomic mass is 15.1. The van der Waals surface area contributed by atoms with Crippen molar-refractivity contribution in [3.63, 3.8) is 0 Å². The Morgan fingerprint density at radius 2 is 1.56 bits per heavy atom. The predicted octanol–water partition coefficient (Wildman–Crippen LogP) is 7.06. The maximum absolute atomic E-state index is 2.62. The van der Waals surface area contributed by atoms with Crippen molar-refractivity contribution in [2.45, 2.75) is 47.0 Å². The quantitative estimate of drug-likeness (QED) is 0.456. The van der Waals surface area contributed by atoms with E-state index in [0.29, 0.717) is 0 Å². The lowest BCUT2D eigenvalue weighted by Crippen LogP contribution is -2.26. The zero-order valence-corrected chi connectivity index (χ0v) is 17.2. The van der Waals surface area contributed by atoms with Crippen molar-refractivity contribution in [3.8, 4) is 11.1 Å². The monoisotopic (exact) mass is 357 g/mol. The molecular formula is C26H31N. The Morgan fingerprint density at radius 3 is 2.19 bits per heavy atom. The lowest BCUT2D eigenvalue weighted by atomic mass is 9.90. The zero-order valence-electron chi connectivity index (χ0n) is 17.2. The van der Waals surface area contributed by atoms with E-state index < -0.39 is 0 Å². The van der Waals surface area contributed by atoms with Crippen LogP contribution < -0.4 is 4.90 Å².